The summed E-state index contributed by atoms with van der Waals surface area (Å²) in [4.78, 5) is 47.0. The molecule has 0 radical (unpaired) electrons. The third-order valence-electron chi connectivity index (χ3n) is 3.95. The average Bonchev–Trinajstić information content (AvgIpc) is 2.71. The molecule has 2 unspecified atom stereocenters. The van der Waals surface area contributed by atoms with Crippen LogP contribution in [0.15, 0.2) is 36.4 Å². The molecule has 0 fully saturated rings. The van der Waals surface area contributed by atoms with E-state index in [9.17, 15) is 19.2 Å². The lowest BCUT2D eigenvalue weighted by molar-refractivity contribution is -0.150. The van der Waals surface area contributed by atoms with Gasteiger partial charge in [0.05, 0.1) is 25.3 Å². The van der Waals surface area contributed by atoms with Crippen LogP contribution in [0.1, 0.15) is 34.6 Å². The summed E-state index contributed by atoms with van der Waals surface area (Å²) in [5, 5.41) is 1.36. The molecule has 2 rings (SSSR count). The minimum atomic E-state index is -1.03. The van der Waals surface area contributed by atoms with E-state index < -0.39 is 36.1 Å². The molecular formula is C20H20O8. The number of benzene rings is 2. The Labute approximate surface area is 161 Å². The van der Waals surface area contributed by atoms with E-state index in [2.05, 4.69) is 9.47 Å². The highest BCUT2D eigenvalue weighted by Gasteiger charge is 2.21. The van der Waals surface area contributed by atoms with Crippen LogP contribution in [0.4, 0.5) is 0 Å². The third-order valence-corrected chi connectivity index (χ3v) is 3.95. The highest BCUT2D eigenvalue weighted by atomic mass is 16.6. The summed E-state index contributed by atoms with van der Waals surface area (Å²) in [5.74, 6) is -2.65. The number of rotatable bonds is 6. The number of esters is 4. The van der Waals surface area contributed by atoms with Crippen molar-refractivity contribution in [3.8, 4) is 0 Å². The molecule has 0 bridgehead atoms. The van der Waals surface area contributed by atoms with E-state index in [1.54, 1.807) is 24.3 Å². The fourth-order valence-corrected chi connectivity index (χ4v) is 2.39. The zero-order valence-corrected chi connectivity index (χ0v) is 15.9. The maximum Gasteiger partial charge on any atom is 0.346 e. The zero-order valence-electron chi connectivity index (χ0n) is 15.9. The van der Waals surface area contributed by atoms with Gasteiger partial charge in [-0.05, 0) is 48.9 Å². The van der Waals surface area contributed by atoms with Gasteiger partial charge in [0.25, 0.3) is 0 Å². The summed E-state index contributed by atoms with van der Waals surface area (Å²) in [6.07, 6.45) is -2.05. The Bertz CT molecular complexity index is 842. The van der Waals surface area contributed by atoms with E-state index in [0.29, 0.717) is 10.8 Å². The van der Waals surface area contributed by atoms with Crippen molar-refractivity contribution in [1.82, 2.24) is 0 Å². The molecule has 2 atom stereocenters. The van der Waals surface area contributed by atoms with Gasteiger partial charge in [0.2, 0.25) is 0 Å². The molecule has 0 amide bonds. The molecule has 0 saturated heterocycles. The summed E-state index contributed by atoms with van der Waals surface area (Å²) < 4.78 is 19.1. The van der Waals surface area contributed by atoms with Crippen molar-refractivity contribution >= 4 is 34.6 Å². The van der Waals surface area contributed by atoms with Crippen LogP contribution >= 0.6 is 0 Å². The molecule has 8 nitrogen and oxygen atoms in total. The quantitative estimate of drug-likeness (QED) is 0.548. The van der Waals surface area contributed by atoms with Gasteiger partial charge in [-0.15, -0.1) is 0 Å². The van der Waals surface area contributed by atoms with Crippen LogP contribution in [0.5, 0.6) is 0 Å². The number of hydrogen-bond acceptors (Lipinski definition) is 8. The van der Waals surface area contributed by atoms with Crippen molar-refractivity contribution in [2.24, 2.45) is 0 Å². The van der Waals surface area contributed by atoms with Gasteiger partial charge >= 0.3 is 23.9 Å². The van der Waals surface area contributed by atoms with Gasteiger partial charge in [-0.3, -0.25) is 0 Å². The van der Waals surface area contributed by atoms with Gasteiger partial charge in [0, 0.05) is 0 Å². The Kier molecular flexibility index (Phi) is 6.70. The number of hydrogen-bond donors (Lipinski definition) is 0. The Balaban J connectivity index is 2.17. The first-order valence-electron chi connectivity index (χ1n) is 8.38. The fraction of sp³-hybridized carbons (Fsp3) is 0.300. The zero-order chi connectivity index (χ0) is 20.8. The SMILES string of the molecule is COC(=O)C(C)OC(=O)c1ccc2cc(C(=O)OC(C)C(=O)OC)ccc2c1. The van der Waals surface area contributed by atoms with Crippen LogP contribution in [-0.2, 0) is 28.5 Å². The maximum absolute atomic E-state index is 12.2. The van der Waals surface area contributed by atoms with E-state index in [1.807, 2.05) is 0 Å². The van der Waals surface area contributed by atoms with Crippen molar-refractivity contribution in [3.63, 3.8) is 0 Å². The predicted octanol–water partition coefficient (Wildman–Crippen LogP) is 2.28. The summed E-state index contributed by atoms with van der Waals surface area (Å²) in [7, 11) is 2.41. The maximum atomic E-state index is 12.2. The summed E-state index contributed by atoms with van der Waals surface area (Å²) in [6.45, 7) is 2.83. The molecule has 148 valence electrons. The molecule has 28 heavy (non-hydrogen) atoms. The van der Waals surface area contributed by atoms with Crippen molar-refractivity contribution in [3.05, 3.63) is 47.5 Å². The topological polar surface area (TPSA) is 105 Å². The van der Waals surface area contributed by atoms with E-state index in [-0.39, 0.29) is 11.1 Å². The molecule has 0 aliphatic rings. The van der Waals surface area contributed by atoms with Crippen LogP contribution in [0.25, 0.3) is 10.8 Å². The van der Waals surface area contributed by atoms with E-state index in [4.69, 9.17) is 9.47 Å². The molecule has 2 aromatic carbocycles. The molecular weight excluding hydrogens is 368 g/mol. The highest BCUT2D eigenvalue weighted by Crippen LogP contribution is 2.20. The molecule has 8 heteroatoms. The van der Waals surface area contributed by atoms with Crippen molar-refractivity contribution < 1.29 is 38.1 Å². The lowest BCUT2D eigenvalue weighted by atomic mass is 10.0. The fourth-order valence-electron chi connectivity index (χ4n) is 2.39. The van der Waals surface area contributed by atoms with E-state index in [0.717, 1.165) is 0 Å². The van der Waals surface area contributed by atoms with Crippen LogP contribution in [0, 0.1) is 0 Å². The Hall–Kier alpha value is -3.42. The van der Waals surface area contributed by atoms with Crippen LogP contribution in [0.3, 0.4) is 0 Å². The largest absolute Gasteiger partial charge is 0.466 e. The van der Waals surface area contributed by atoms with E-state index >= 15 is 0 Å². The van der Waals surface area contributed by atoms with Crippen molar-refractivity contribution in [2.75, 3.05) is 14.2 Å². The van der Waals surface area contributed by atoms with Crippen molar-refractivity contribution in [1.29, 1.82) is 0 Å². The number of methoxy groups -OCH3 is 2. The van der Waals surface area contributed by atoms with Crippen LogP contribution in [0.2, 0.25) is 0 Å². The van der Waals surface area contributed by atoms with Crippen LogP contribution in [-0.4, -0.2) is 50.3 Å². The minimum Gasteiger partial charge on any atom is -0.466 e. The Morgan fingerprint density at radius 1 is 0.679 bits per heavy atom. The summed E-state index contributed by atoms with van der Waals surface area (Å²) >= 11 is 0. The smallest absolute Gasteiger partial charge is 0.346 e. The van der Waals surface area contributed by atoms with Gasteiger partial charge in [-0.1, -0.05) is 12.1 Å². The monoisotopic (exact) mass is 388 g/mol. The van der Waals surface area contributed by atoms with Gasteiger partial charge in [-0.25, -0.2) is 19.2 Å². The normalized spacial score (nSPS) is 12.6. The lowest BCUT2D eigenvalue weighted by Crippen LogP contribution is -2.25. The Morgan fingerprint density at radius 3 is 1.36 bits per heavy atom. The van der Waals surface area contributed by atoms with Crippen molar-refractivity contribution in [2.45, 2.75) is 26.1 Å². The standard InChI is InChI=1S/C20H20O8/c1-11(17(21)25-3)27-19(23)15-7-5-14-10-16(8-6-13(14)9-15)20(24)28-12(2)18(22)26-4/h5-12H,1-4H3. The third kappa shape index (κ3) is 4.85. The van der Waals surface area contributed by atoms with Crippen LogP contribution < -0.4 is 0 Å². The lowest BCUT2D eigenvalue weighted by Gasteiger charge is -2.12. The first-order chi connectivity index (χ1) is 13.3. The van der Waals surface area contributed by atoms with Gasteiger partial charge < -0.3 is 18.9 Å². The number of carbonyl (C=O) groups is 4. The molecule has 0 heterocycles. The molecule has 0 N–H and O–H groups in total. The summed E-state index contributed by atoms with van der Waals surface area (Å²) in [6, 6.07) is 9.45. The molecule has 0 aliphatic carbocycles. The van der Waals surface area contributed by atoms with E-state index in [1.165, 1.54) is 40.2 Å². The average molecular weight is 388 g/mol. The van der Waals surface area contributed by atoms with Gasteiger partial charge in [0.15, 0.2) is 12.2 Å². The first kappa shape index (κ1) is 20.9. The predicted molar refractivity (Wildman–Crippen MR) is 97.7 cm³/mol. The first-order valence-corrected chi connectivity index (χ1v) is 8.38. The molecule has 0 saturated carbocycles. The molecule has 0 spiro atoms. The second-order valence-electron chi connectivity index (χ2n) is 5.92. The number of carbonyl (C=O) groups excluding carboxylic acids is 4. The molecule has 0 aromatic heterocycles. The molecule has 0 aliphatic heterocycles. The number of ether oxygens (including phenoxy) is 4. The highest BCUT2D eigenvalue weighted by molar-refractivity contribution is 5.99. The van der Waals surface area contributed by atoms with Gasteiger partial charge in [-0.2, -0.15) is 0 Å². The van der Waals surface area contributed by atoms with Gasteiger partial charge in [0.1, 0.15) is 0 Å². The second kappa shape index (κ2) is 8.98. The Morgan fingerprint density at radius 2 is 1.04 bits per heavy atom. The second-order valence-corrected chi connectivity index (χ2v) is 5.92. The summed E-state index contributed by atoms with van der Waals surface area (Å²) in [5.41, 5.74) is 0.496. The molecule has 2 aromatic rings. The minimum absolute atomic E-state index is 0.248. The number of fused-ring (bicyclic) bond motifs is 1.